The van der Waals surface area contributed by atoms with Crippen molar-refractivity contribution < 1.29 is 9.59 Å². The Kier molecular flexibility index (Phi) is 5.53. The smallest absolute Gasteiger partial charge is 0.242 e. The number of amides is 1. The van der Waals surface area contributed by atoms with Gasteiger partial charge in [-0.2, -0.15) is 0 Å². The number of carbonyl (C=O) groups is 2. The highest BCUT2D eigenvalue weighted by molar-refractivity contribution is 8.00. The van der Waals surface area contributed by atoms with Crippen molar-refractivity contribution in [3.8, 4) is 0 Å². The fourth-order valence-corrected chi connectivity index (χ4v) is 3.51. The van der Waals surface area contributed by atoms with Gasteiger partial charge in [0.1, 0.15) is 5.25 Å². The number of thioether (sulfide) groups is 1. The molecule has 1 heterocycles. The zero-order chi connectivity index (χ0) is 18.5. The lowest BCUT2D eigenvalue weighted by Gasteiger charge is -2.17. The van der Waals surface area contributed by atoms with Crippen LogP contribution in [0.4, 0.5) is 5.69 Å². The Morgan fingerprint density at radius 1 is 1.12 bits per heavy atom. The van der Waals surface area contributed by atoms with E-state index < -0.39 is 5.25 Å². The van der Waals surface area contributed by atoms with E-state index in [0.29, 0.717) is 11.3 Å². The van der Waals surface area contributed by atoms with Gasteiger partial charge >= 0.3 is 0 Å². The number of imidazole rings is 1. The van der Waals surface area contributed by atoms with Crippen LogP contribution in [-0.4, -0.2) is 21.2 Å². The third-order valence-electron chi connectivity index (χ3n) is 3.88. The van der Waals surface area contributed by atoms with E-state index in [9.17, 15) is 9.59 Å². The van der Waals surface area contributed by atoms with Crippen molar-refractivity contribution in [2.24, 2.45) is 7.05 Å². The summed E-state index contributed by atoms with van der Waals surface area (Å²) in [5.41, 5.74) is 2.06. The summed E-state index contributed by atoms with van der Waals surface area (Å²) in [4.78, 5) is 28.8. The van der Waals surface area contributed by atoms with Gasteiger partial charge in [-0.3, -0.25) is 9.59 Å². The SMILES string of the molecule is CC(=O)c1cccc(NC(=O)C(Sc2nccn2C)c2ccccc2)c1. The molecule has 0 radical (unpaired) electrons. The van der Waals surface area contributed by atoms with Crippen molar-refractivity contribution in [3.63, 3.8) is 0 Å². The minimum atomic E-state index is -0.460. The Bertz CT molecular complexity index is 922. The van der Waals surface area contributed by atoms with Crippen LogP contribution in [0.25, 0.3) is 0 Å². The van der Waals surface area contributed by atoms with Crippen LogP contribution in [0.3, 0.4) is 0 Å². The summed E-state index contributed by atoms with van der Waals surface area (Å²) in [6.45, 7) is 1.50. The standard InChI is InChI=1S/C20H19N3O2S/c1-14(24)16-9-6-10-17(13-16)22-19(25)18(15-7-4-3-5-8-15)26-20-21-11-12-23(20)2/h3-13,18H,1-2H3,(H,22,25). The first-order valence-corrected chi connectivity index (χ1v) is 9.03. The van der Waals surface area contributed by atoms with Crippen LogP contribution in [0.5, 0.6) is 0 Å². The monoisotopic (exact) mass is 365 g/mol. The Morgan fingerprint density at radius 3 is 2.54 bits per heavy atom. The van der Waals surface area contributed by atoms with Crippen LogP contribution in [0.2, 0.25) is 0 Å². The van der Waals surface area contributed by atoms with Crippen molar-refractivity contribution in [3.05, 3.63) is 78.1 Å². The van der Waals surface area contributed by atoms with Crippen LogP contribution in [0.1, 0.15) is 28.1 Å². The molecule has 6 heteroatoms. The number of aryl methyl sites for hydroxylation is 1. The predicted molar refractivity (Wildman–Crippen MR) is 103 cm³/mol. The minimum absolute atomic E-state index is 0.0388. The van der Waals surface area contributed by atoms with Crippen molar-refractivity contribution in [1.29, 1.82) is 0 Å². The molecule has 5 nitrogen and oxygen atoms in total. The van der Waals surface area contributed by atoms with Gasteiger partial charge in [-0.15, -0.1) is 0 Å². The second-order valence-electron chi connectivity index (χ2n) is 5.86. The molecule has 0 aliphatic heterocycles. The van der Waals surface area contributed by atoms with Crippen LogP contribution in [0, 0.1) is 0 Å². The molecule has 3 rings (SSSR count). The predicted octanol–water partition coefficient (Wildman–Crippen LogP) is 4.09. The lowest BCUT2D eigenvalue weighted by Crippen LogP contribution is -2.19. The molecule has 1 aromatic heterocycles. The van der Waals surface area contributed by atoms with E-state index in [4.69, 9.17) is 0 Å². The molecule has 0 saturated carbocycles. The highest BCUT2D eigenvalue weighted by Crippen LogP contribution is 2.35. The summed E-state index contributed by atoms with van der Waals surface area (Å²) in [6.07, 6.45) is 3.55. The maximum absolute atomic E-state index is 13.0. The van der Waals surface area contributed by atoms with E-state index in [1.54, 1.807) is 30.5 Å². The molecular weight excluding hydrogens is 346 g/mol. The van der Waals surface area contributed by atoms with Gasteiger partial charge in [0.25, 0.3) is 0 Å². The molecule has 0 saturated heterocycles. The Labute approximate surface area is 156 Å². The van der Waals surface area contributed by atoms with Gasteiger partial charge in [0.15, 0.2) is 10.9 Å². The zero-order valence-corrected chi connectivity index (χ0v) is 15.4. The number of Topliss-reactive ketones (excluding diaryl/α,β-unsaturated/α-hetero) is 1. The van der Waals surface area contributed by atoms with E-state index in [0.717, 1.165) is 10.7 Å². The number of nitrogens with one attached hydrogen (secondary N) is 1. The molecular formula is C20H19N3O2S. The molecule has 1 unspecified atom stereocenters. The van der Waals surface area contributed by atoms with Crippen LogP contribution in [0.15, 0.2) is 72.1 Å². The number of nitrogens with zero attached hydrogens (tertiary/aromatic N) is 2. The third kappa shape index (κ3) is 4.21. The number of rotatable bonds is 6. The van der Waals surface area contributed by atoms with Gasteiger partial charge in [-0.1, -0.05) is 54.2 Å². The summed E-state index contributed by atoms with van der Waals surface area (Å²) in [5.74, 6) is -0.201. The molecule has 1 atom stereocenters. The van der Waals surface area contributed by atoms with E-state index in [1.165, 1.54) is 18.7 Å². The number of anilines is 1. The number of hydrogen-bond acceptors (Lipinski definition) is 4. The van der Waals surface area contributed by atoms with E-state index in [1.807, 2.05) is 48.1 Å². The maximum Gasteiger partial charge on any atom is 0.242 e. The minimum Gasteiger partial charge on any atom is -0.329 e. The summed E-state index contributed by atoms with van der Waals surface area (Å²) >= 11 is 1.39. The number of carbonyl (C=O) groups excluding carboxylic acids is 2. The molecule has 0 fully saturated rings. The van der Waals surface area contributed by atoms with E-state index >= 15 is 0 Å². The Balaban J connectivity index is 1.86. The molecule has 26 heavy (non-hydrogen) atoms. The first-order chi connectivity index (χ1) is 12.5. The molecule has 132 valence electrons. The summed E-state index contributed by atoms with van der Waals surface area (Å²) in [7, 11) is 1.89. The first-order valence-electron chi connectivity index (χ1n) is 8.15. The average Bonchev–Trinajstić information content (AvgIpc) is 3.05. The molecule has 0 bridgehead atoms. The van der Waals surface area contributed by atoms with E-state index in [-0.39, 0.29) is 11.7 Å². The quantitative estimate of drug-likeness (QED) is 0.528. The summed E-state index contributed by atoms with van der Waals surface area (Å²) < 4.78 is 1.88. The van der Waals surface area contributed by atoms with Crippen LogP contribution < -0.4 is 5.32 Å². The van der Waals surface area contributed by atoms with Gasteiger partial charge in [0, 0.05) is 30.7 Å². The molecule has 0 aliphatic rings. The fourth-order valence-electron chi connectivity index (χ4n) is 2.50. The zero-order valence-electron chi connectivity index (χ0n) is 14.5. The first kappa shape index (κ1) is 17.9. The lowest BCUT2D eigenvalue weighted by molar-refractivity contribution is -0.115. The van der Waals surface area contributed by atoms with Gasteiger partial charge in [0.2, 0.25) is 5.91 Å². The number of hydrogen-bond donors (Lipinski definition) is 1. The highest BCUT2D eigenvalue weighted by Gasteiger charge is 2.24. The molecule has 2 aromatic carbocycles. The third-order valence-corrected chi connectivity index (χ3v) is 5.20. The fraction of sp³-hybridized carbons (Fsp3) is 0.150. The normalized spacial score (nSPS) is 11.8. The second kappa shape index (κ2) is 8.01. The van der Waals surface area contributed by atoms with Crippen molar-refractivity contribution >= 4 is 29.1 Å². The average molecular weight is 365 g/mol. The molecule has 0 spiro atoms. The summed E-state index contributed by atoms with van der Waals surface area (Å²) in [5, 5.41) is 3.21. The van der Waals surface area contributed by atoms with Gasteiger partial charge in [-0.05, 0) is 24.6 Å². The lowest BCUT2D eigenvalue weighted by atomic mass is 10.1. The van der Waals surface area contributed by atoms with Crippen LogP contribution >= 0.6 is 11.8 Å². The molecule has 1 amide bonds. The topological polar surface area (TPSA) is 64.0 Å². The van der Waals surface area contributed by atoms with Gasteiger partial charge < -0.3 is 9.88 Å². The number of aromatic nitrogens is 2. The Hall–Kier alpha value is -2.86. The molecule has 1 N–H and O–H groups in total. The second-order valence-corrected chi connectivity index (χ2v) is 6.93. The maximum atomic E-state index is 13.0. The Morgan fingerprint density at radius 2 is 1.88 bits per heavy atom. The van der Waals surface area contributed by atoms with Crippen molar-refractivity contribution in [2.45, 2.75) is 17.3 Å². The highest BCUT2D eigenvalue weighted by atomic mass is 32.2. The van der Waals surface area contributed by atoms with Gasteiger partial charge in [0.05, 0.1) is 0 Å². The molecule has 0 aliphatic carbocycles. The molecule has 3 aromatic rings. The van der Waals surface area contributed by atoms with Crippen molar-refractivity contribution in [2.75, 3.05) is 5.32 Å². The van der Waals surface area contributed by atoms with Gasteiger partial charge in [-0.25, -0.2) is 4.98 Å². The number of ketones is 1. The largest absolute Gasteiger partial charge is 0.329 e. The number of benzene rings is 2. The van der Waals surface area contributed by atoms with Crippen LogP contribution in [-0.2, 0) is 11.8 Å². The van der Waals surface area contributed by atoms with E-state index in [2.05, 4.69) is 10.3 Å². The van der Waals surface area contributed by atoms with Crippen molar-refractivity contribution in [1.82, 2.24) is 9.55 Å². The summed E-state index contributed by atoms with van der Waals surface area (Å²) in [6, 6.07) is 16.5.